The zero-order valence-electron chi connectivity index (χ0n) is 17.2. The first-order valence-corrected chi connectivity index (χ1v) is 9.66. The summed E-state index contributed by atoms with van der Waals surface area (Å²) in [6.07, 6.45) is 1.06. The summed E-state index contributed by atoms with van der Waals surface area (Å²) in [7, 11) is 1.10. The highest BCUT2D eigenvalue weighted by molar-refractivity contribution is 5.90. The Morgan fingerprint density at radius 2 is 1.72 bits per heavy atom. The topological polar surface area (TPSA) is 144 Å². The van der Waals surface area contributed by atoms with E-state index in [1.54, 1.807) is 29.2 Å². The molecule has 1 aliphatic rings. The van der Waals surface area contributed by atoms with Gasteiger partial charge in [0.2, 0.25) is 5.91 Å². The average Bonchev–Trinajstić information content (AvgIpc) is 2.80. The van der Waals surface area contributed by atoms with Gasteiger partial charge in [0.05, 0.1) is 17.6 Å². The Morgan fingerprint density at radius 1 is 1.09 bits per heavy atom. The quantitative estimate of drug-likeness (QED) is 0.411. The van der Waals surface area contributed by atoms with Crippen molar-refractivity contribution in [2.45, 2.75) is 6.54 Å². The van der Waals surface area contributed by atoms with Gasteiger partial charge in [-0.3, -0.25) is 24.3 Å². The fourth-order valence-electron chi connectivity index (χ4n) is 3.23. The maximum absolute atomic E-state index is 12.7. The number of amides is 3. The lowest BCUT2D eigenvalue weighted by Gasteiger charge is -2.34. The normalized spacial score (nSPS) is 13.4. The number of hydrogen-bond donors (Lipinski definition) is 1. The Labute approximate surface area is 182 Å². The number of nitrogens with one attached hydrogen (secondary N) is 1. The molecule has 3 rings (SSSR count). The van der Waals surface area contributed by atoms with Crippen LogP contribution in [0, 0.1) is 10.1 Å². The van der Waals surface area contributed by atoms with Gasteiger partial charge in [-0.15, -0.1) is 0 Å². The maximum atomic E-state index is 12.7. The van der Waals surface area contributed by atoms with Crippen LogP contribution in [-0.4, -0.2) is 70.5 Å². The first-order valence-electron chi connectivity index (χ1n) is 9.66. The SMILES string of the molecule is COC(=O)c1cc([N+](=O)[O-])c(=O)n(CC(=O)N2CCN(C(=O)Nc3ccccc3)CC2)c1. The molecule has 1 fully saturated rings. The van der Waals surface area contributed by atoms with Gasteiger partial charge in [-0.1, -0.05) is 18.2 Å². The van der Waals surface area contributed by atoms with E-state index in [0.29, 0.717) is 5.69 Å². The number of ether oxygens (including phenoxy) is 1. The number of pyridine rings is 1. The van der Waals surface area contributed by atoms with Gasteiger partial charge in [0.15, 0.2) is 0 Å². The average molecular weight is 443 g/mol. The summed E-state index contributed by atoms with van der Waals surface area (Å²) in [5.41, 5.74) is -1.39. The Balaban J connectivity index is 1.65. The van der Waals surface area contributed by atoms with Crippen LogP contribution in [0.3, 0.4) is 0 Å². The van der Waals surface area contributed by atoms with Gasteiger partial charge in [-0.25, -0.2) is 9.59 Å². The molecule has 2 aromatic rings. The lowest BCUT2D eigenvalue weighted by atomic mass is 10.2. The van der Waals surface area contributed by atoms with Crippen LogP contribution in [0.4, 0.5) is 16.2 Å². The van der Waals surface area contributed by atoms with Crippen molar-refractivity contribution in [3.8, 4) is 0 Å². The summed E-state index contributed by atoms with van der Waals surface area (Å²) in [5, 5.41) is 13.9. The summed E-state index contributed by atoms with van der Waals surface area (Å²) < 4.78 is 5.37. The van der Waals surface area contributed by atoms with Crippen molar-refractivity contribution in [1.82, 2.24) is 14.4 Å². The van der Waals surface area contributed by atoms with Crippen LogP contribution in [0.15, 0.2) is 47.4 Å². The third-order valence-electron chi connectivity index (χ3n) is 4.94. The molecule has 0 spiro atoms. The van der Waals surface area contributed by atoms with Crippen LogP contribution in [0.25, 0.3) is 0 Å². The lowest BCUT2D eigenvalue weighted by Crippen LogP contribution is -2.52. The van der Waals surface area contributed by atoms with Gasteiger partial charge in [0.25, 0.3) is 0 Å². The number of aromatic nitrogens is 1. The Hall–Kier alpha value is -4.22. The summed E-state index contributed by atoms with van der Waals surface area (Å²) in [4.78, 5) is 62.4. The number of methoxy groups -OCH3 is 1. The zero-order chi connectivity index (χ0) is 23.3. The van der Waals surface area contributed by atoms with E-state index >= 15 is 0 Å². The van der Waals surface area contributed by atoms with Crippen molar-refractivity contribution in [3.63, 3.8) is 0 Å². The standard InChI is InChI=1S/C20H21N5O7/c1-32-19(28)14-11-16(25(30)31)18(27)24(12-14)13-17(26)22-7-9-23(10-8-22)20(29)21-15-5-3-2-4-6-15/h2-6,11-12H,7-10,13H2,1H3,(H,21,29). The van der Waals surface area contributed by atoms with Crippen molar-refractivity contribution in [2.24, 2.45) is 0 Å². The van der Waals surface area contributed by atoms with Crippen molar-refractivity contribution < 1.29 is 24.0 Å². The number of carbonyl (C=O) groups excluding carboxylic acids is 3. The second kappa shape index (κ2) is 9.73. The molecule has 3 amide bonds. The Morgan fingerprint density at radius 3 is 2.31 bits per heavy atom. The molecule has 1 N–H and O–H groups in total. The van der Waals surface area contributed by atoms with Crippen molar-refractivity contribution in [1.29, 1.82) is 0 Å². The van der Waals surface area contributed by atoms with E-state index in [2.05, 4.69) is 10.1 Å². The van der Waals surface area contributed by atoms with Gasteiger partial charge in [-0.2, -0.15) is 0 Å². The van der Waals surface area contributed by atoms with E-state index in [0.717, 1.165) is 23.9 Å². The van der Waals surface area contributed by atoms with Crippen LogP contribution in [-0.2, 0) is 16.1 Å². The van der Waals surface area contributed by atoms with Gasteiger partial charge in [-0.05, 0) is 12.1 Å². The van der Waals surface area contributed by atoms with Gasteiger partial charge in [0.1, 0.15) is 6.54 Å². The second-order valence-corrected chi connectivity index (χ2v) is 6.96. The van der Waals surface area contributed by atoms with Crippen LogP contribution in [0.2, 0.25) is 0 Å². The molecule has 1 aliphatic heterocycles. The van der Waals surface area contributed by atoms with E-state index in [1.807, 2.05) is 6.07 Å². The highest BCUT2D eigenvalue weighted by atomic mass is 16.6. The molecule has 0 aliphatic carbocycles. The third-order valence-corrected chi connectivity index (χ3v) is 4.94. The molecular formula is C20H21N5O7. The second-order valence-electron chi connectivity index (χ2n) is 6.96. The minimum absolute atomic E-state index is 0.214. The molecule has 32 heavy (non-hydrogen) atoms. The fourth-order valence-corrected chi connectivity index (χ4v) is 3.23. The van der Waals surface area contributed by atoms with Gasteiger partial charge in [0, 0.05) is 44.1 Å². The number of nitrogens with zero attached hydrogens (tertiary/aromatic N) is 4. The molecule has 0 radical (unpaired) electrons. The van der Waals surface area contributed by atoms with Crippen LogP contribution >= 0.6 is 0 Å². The largest absolute Gasteiger partial charge is 0.465 e. The summed E-state index contributed by atoms with van der Waals surface area (Å²) in [6, 6.07) is 9.48. The number of anilines is 1. The zero-order valence-corrected chi connectivity index (χ0v) is 17.2. The molecule has 1 aromatic carbocycles. The van der Waals surface area contributed by atoms with Gasteiger partial charge >= 0.3 is 23.2 Å². The first kappa shape index (κ1) is 22.5. The minimum atomic E-state index is -1.00. The van der Waals surface area contributed by atoms with Crippen molar-refractivity contribution >= 4 is 29.3 Å². The van der Waals surface area contributed by atoms with Crippen LogP contribution in [0.5, 0.6) is 0 Å². The number of rotatable bonds is 5. The van der Waals surface area contributed by atoms with Crippen LogP contribution in [0.1, 0.15) is 10.4 Å². The predicted octanol–water partition coefficient (Wildman–Crippen LogP) is 0.919. The molecule has 168 valence electrons. The number of para-hydroxylation sites is 1. The molecule has 0 saturated carbocycles. The van der Waals surface area contributed by atoms with E-state index in [9.17, 15) is 29.3 Å². The fraction of sp³-hybridized carbons (Fsp3) is 0.300. The summed E-state index contributed by atoms with van der Waals surface area (Å²) in [5.74, 6) is -1.33. The summed E-state index contributed by atoms with van der Waals surface area (Å²) in [6.45, 7) is 0.535. The number of esters is 1. The Bertz CT molecular complexity index is 1090. The van der Waals surface area contributed by atoms with E-state index in [4.69, 9.17) is 0 Å². The summed E-state index contributed by atoms with van der Waals surface area (Å²) >= 11 is 0. The van der Waals surface area contributed by atoms with Gasteiger partial charge < -0.3 is 19.9 Å². The maximum Gasteiger partial charge on any atom is 0.339 e. The molecule has 12 heteroatoms. The predicted molar refractivity (Wildman–Crippen MR) is 112 cm³/mol. The number of carbonyl (C=O) groups is 3. The van der Waals surface area contributed by atoms with E-state index in [1.165, 1.54) is 4.90 Å². The Kier molecular flexibility index (Phi) is 6.83. The van der Waals surface area contributed by atoms with Crippen molar-refractivity contribution in [2.75, 3.05) is 38.6 Å². The highest BCUT2D eigenvalue weighted by Gasteiger charge is 2.26. The van der Waals surface area contributed by atoms with E-state index < -0.39 is 34.6 Å². The lowest BCUT2D eigenvalue weighted by molar-refractivity contribution is -0.386. The smallest absolute Gasteiger partial charge is 0.339 e. The number of nitro groups is 1. The monoisotopic (exact) mass is 443 g/mol. The number of piperazine rings is 1. The number of hydrogen-bond acceptors (Lipinski definition) is 7. The molecule has 2 heterocycles. The number of urea groups is 1. The molecular weight excluding hydrogens is 422 g/mol. The van der Waals surface area contributed by atoms with Crippen molar-refractivity contribution in [3.05, 3.63) is 68.6 Å². The number of benzene rings is 1. The molecule has 0 bridgehead atoms. The van der Waals surface area contributed by atoms with E-state index in [-0.39, 0.29) is 37.8 Å². The molecule has 12 nitrogen and oxygen atoms in total. The molecule has 0 unspecified atom stereocenters. The third kappa shape index (κ3) is 5.09. The first-order chi connectivity index (χ1) is 15.3. The highest BCUT2D eigenvalue weighted by Crippen LogP contribution is 2.12. The minimum Gasteiger partial charge on any atom is -0.465 e. The molecule has 1 aromatic heterocycles. The van der Waals surface area contributed by atoms with Crippen LogP contribution < -0.4 is 10.9 Å². The molecule has 1 saturated heterocycles. The molecule has 0 atom stereocenters.